The summed E-state index contributed by atoms with van der Waals surface area (Å²) >= 11 is 3.39. The second kappa shape index (κ2) is 6.71. The smallest absolute Gasteiger partial charge is 0.253 e. The van der Waals surface area contributed by atoms with Crippen LogP contribution in [0.2, 0.25) is 0 Å². The normalized spacial score (nSPS) is 10.6. The Morgan fingerprint density at radius 3 is 2.65 bits per heavy atom. The van der Waals surface area contributed by atoms with Gasteiger partial charge in [0.2, 0.25) is 5.89 Å². The third-order valence-electron chi connectivity index (χ3n) is 2.62. The molecule has 2 rings (SSSR count). The number of aryl methyl sites for hydroxylation is 1. The van der Waals surface area contributed by atoms with Crippen molar-refractivity contribution in [2.45, 2.75) is 26.6 Å². The highest BCUT2D eigenvalue weighted by molar-refractivity contribution is 9.10. The fraction of sp³-hybridized carbons (Fsp3) is 0.385. The summed E-state index contributed by atoms with van der Waals surface area (Å²) in [6.45, 7) is 2.02. The van der Waals surface area contributed by atoms with Gasteiger partial charge in [-0.05, 0) is 33.6 Å². The third kappa shape index (κ3) is 3.29. The zero-order valence-corrected chi connectivity index (χ0v) is 12.8. The molecule has 0 bridgehead atoms. The minimum absolute atomic E-state index is 0.0707. The lowest BCUT2D eigenvalue weighted by atomic mass is 10.2. The highest BCUT2D eigenvalue weighted by Gasteiger charge is 2.13. The van der Waals surface area contributed by atoms with Crippen molar-refractivity contribution in [1.82, 2.24) is 10.2 Å². The van der Waals surface area contributed by atoms with Crippen LogP contribution in [0, 0.1) is 0 Å². The molecule has 2 aromatic rings. The van der Waals surface area contributed by atoms with E-state index in [1.807, 2.05) is 6.92 Å². The maximum absolute atomic E-state index is 9.16. The van der Waals surface area contributed by atoms with E-state index >= 15 is 0 Å². The van der Waals surface area contributed by atoms with Gasteiger partial charge >= 0.3 is 0 Å². The number of rotatable bonds is 6. The SMILES string of the molecule is CCc1nnc(COc2c(Br)cc(CO)cc2OC)o1. The number of benzene rings is 1. The number of hydrogen-bond acceptors (Lipinski definition) is 6. The minimum Gasteiger partial charge on any atom is -0.493 e. The van der Waals surface area contributed by atoms with Crippen molar-refractivity contribution in [1.29, 1.82) is 0 Å². The van der Waals surface area contributed by atoms with Crippen LogP contribution in [0.4, 0.5) is 0 Å². The van der Waals surface area contributed by atoms with Crippen molar-refractivity contribution in [3.05, 3.63) is 34.0 Å². The Morgan fingerprint density at radius 1 is 1.30 bits per heavy atom. The van der Waals surface area contributed by atoms with Gasteiger partial charge in [-0.15, -0.1) is 10.2 Å². The van der Waals surface area contributed by atoms with Crippen molar-refractivity contribution in [2.24, 2.45) is 0 Å². The number of nitrogens with zero attached hydrogens (tertiary/aromatic N) is 2. The van der Waals surface area contributed by atoms with E-state index in [1.165, 1.54) is 7.11 Å². The molecular weight excluding hydrogens is 328 g/mol. The van der Waals surface area contributed by atoms with Crippen molar-refractivity contribution in [3.63, 3.8) is 0 Å². The molecule has 7 heteroatoms. The molecule has 20 heavy (non-hydrogen) atoms. The summed E-state index contributed by atoms with van der Waals surface area (Å²) in [6.07, 6.45) is 0.686. The van der Waals surface area contributed by atoms with E-state index < -0.39 is 0 Å². The third-order valence-corrected chi connectivity index (χ3v) is 3.21. The molecule has 0 aliphatic heterocycles. The lowest BCUT2D eigenvalue weighted by Crippen LogP contribution is -2.00. The number of methoxy groups -OCH3 is 1. The average molecular weight is 343 g/mol. The molecule has 0 saturated carbocycles. The number of aromatic nitrogens is 2. The predicted octanol–water partition coefficient (Wildman–Crippen LogP) is 2.47. The lowest BCUT2D eigenvalue weighted by molar-refractivity contribution is 0.244. The van der Waals surface area contributed by atoms with Gasteiger partial charge in [-0.3, -0.25) is 0 Å². The van der Waals surface area contributed by atoms with Crippen molar-refractivity contribution < 1.29 is 19.0 Å². The number of ether oxygens (including phenoxy) is 2. The lowest BCUT2D eigenvalue weighted by Gasteiger charge is -2.12. The summed E-state index contributed by atoms with van der Waals surface area (Å²) < 4.78 is 17.0. The molecule has 0 spiro atoms. The van der Waals surface area contributed by atoms with Crippen LogP contribution in [-0.2, 0) is 19.6 Å². The van der Waals surface area contributed by atoms with E-state index in [-0.39, 0.29) is 13.2 Å². The molecule has 0 atom stereocenters. The van der Waals surface area contributed by atoms with Crippen LogP contribution < -0.4 is 9.47 Å². The van der Waals surface area contributed by atoms with E-state index in [0.717, 1.165) is 5.56 Å². The first-order chi connectivity index (χ1) is 9.67. The van der Waals surface area contributed by atoms with Gasteiger partial charge < -0.3 is 19.0 Å². The molecule has 108 valence electrons. The first-order valence-corrected chi connectivity index (χ1v) is 6.88. The molecule has 0 radical (unpaired) electrons. The molecule has 1 N–H and O–H groups in total. The van der Waals surface area contributed by atoms with Crippen molar-refractivity contribution in [3.8, 4) is 11.5 Å². The van der Waals surface area contributed by atoms with Crippen LogP contribution >= 0.6 is 15.9 Å². The number of hydrogen-bond donors (Lipinski definition) is 1. The van der Waals surface area contributed by atoms with E-state index in [4.69, 9.17) is 19.0 Å². The predicted molar refractivity (Wildman–Crippen MR) is 74.6 cm³/mol. The summed E-state index contributed by atoms with van der Waals surface area (Å²) in [5.41, 5.74) is 0.729. The van der Waals surface area contributed by atoms with Crippen LogP contribution in [0.5, 0.6) is 11.5 Å². The molecule has 0 amide bonds. The molecule has 1 heterocycles. The minimum atomic E-state index is -0.0707. The summed E-state index contributed by atoms with van der Waals surface area (Å²) in [7, 11) is 1.54. The molecule has 0 fully saturated rings. The van der Waals surface area contributed by atoms with Crippen LogP contribution in [0.3, 0.4) is 0 Å². The first kappa shape index (κ1) is 14.8. The van der Waals surface area contributed by atoms with Crippen molar-refractivity contribution in [2.75, 3.05) is 7.11 Å². The molecule has 0 aliphatic carbocycles. The van der Waals surface area contributed by atoms with Gasteiger partial charge in [0.1, 0.15) is 0 Å². The number of aliphatic hydroxyl groups is 1. The van der Waals surface area contributed by atoms with E-state index in [1.54, 1.807) is 12.1 Å². The number of halogens is 1. The Hall–Kier alpha value is -1.60. The van der Waals surface area contributed by atoms with Gasteiger partial charge in [-0.1, -0.05) is 6.92 Å². The van der Waals surface area contributed by atoms with E-state index in [0.29, 0.717) is 34.2 Å². The fourth-order valence-electron chi connectivity index (χ4n) is 1.63. The van der Waals surface area contributed by atoms with Gasteiger partial charge in [0.15, 0.2) is 18.1 Å². The standard InChI is InChI=1S/C13H15BrN2O4/c1-3-11-15-16-12(20-11)7-19-13-9(14)4-8(6-17)5-10(13)18-2/h4-5,17H,3,6-7H2,1-2H3. The highest BCUT2D eigenvalue weighted by Crippen LogP contribution is 2.37. The quantitative estimate of drug-likeness (QED) is 0.868. The summed E-state index contributed by atoms with van der Waals surface area (Å²) in [5.74, 6) is 2.03. The van der Waals surface area contributed by atoms with Gasteiger partial charge in [-0.2, -0.15) is 0 Å². The summed E-state index contributed by atoms with van der Waals surface area (Å²) in [5, 5.41) is 16.9. The van der Waals surface area contributed by atoms with Crippen LogP contribution in [0.25, 0.3) is 0 Å². The van der Waals surface area contributed by atoms with Crippen LogP contribution in [0.15, 0.2) is 21.0 Å². The molecule has 1 aromatic heterocycles. The molecule has 0 aliphatic rings. The van der Waals surface area contributed by atoms with Gasteiger partial charge in [0.05, 0.1) is 18.2 Å². The van der Waals surface area contributed by atoms with Crippen LogP contribution in [0.1, 0.15) is 24.3 Å². The fourth-order valence-corrected chi connectivity index (χ4v) is 2.23. The highest BCUT2D eigenvalue weighted by atomic mass is 79.9. The van der Waals surface area contributed by atoms with E-state index in [2.05, 4.69) is 26.1 Å². The Balaban J connectivity index is 2.16. The zero-order chi connectivity index (χ0) is 14.5. The van der Waals surface area contributed by atoms with Gasteiger partial charge in [-0.25, -0.2) is 0 Å². The second-order valence-electron chi connectivity index (χ2n) is 4.00. The monoisotopic (exact) mass is 342 g/mol. The van der Waals surface area contributed by atoms with Gasteiger partial charge in [0, 0.05) is 6.42 Å². The van der Waals surface area contributed by atoms with E-state index in [9.17, 15) is 0 Å². The summed E-state index contributed by atoms with van der Waals surface area (Å²) in [6, 6.07) is 3.48. The molecule has 0 unspecified atom stereocenters. The Morgan fingerprint density at radius 2 is 2.05 bits per heavy atom. The first-order valence-electron chi connectivity index (χ1n) is 6.09. The molecular formula is C13H15BrN2O4. The topological polar surface area (TPSA) is 77.6 Å². The largest absolute Gasteiger partial charge is 0.493 e. The molecule has 6 nitrogen and oxygen atoms in total. The summed E-state index contributed by atoms with van der Waals surface area (Å²) in [4.78, 5) is 0. The second-order valence-corrected chi connectivity index (χ2v) is 4.85. The zero-order valence-electron chi connectivity index (χ0n) is 11.2. The molecule has 0 saturated heterocycles. The Labute approximate surface area is 124 Å². The average Bonchev–Trinajstić information content (AvgIpc) is 2.93. The van der Waals surface area contributed by atoms with Crippen molar-refractivity contribution >= 4 is 15.9 Å². The van der Waals surface area contributed by atoms with Gasteiger partial charge in [0.25, 0.3) is 5.89 Å². The maximum Gasteiger partial charge on any atom is 0.253 e. The Bertz CT molecular complexity index is 586. The molecule has 1 aromatic carbocycles. The maximum atomic E-state index is 9.16. The number of aliphatic hydroxyl groups excluding tert-OH is 1. The Kier molecular flexibility index (Phi) is 4.97. The van der Waals surface area contributed by atoms with Crippen LogP contribution in [-0.4, -0.2) is 22.4 Å².